The first-order valence-electron chi connectivity index (χ1n) is 7.19. The van der Waals surface area contributed by atoms with Gasteiger partial charge < -0.3 is 5.32 Å². The standard InChI is InChI=1S/C16H24N2O/c1-13(2)10-17-16(19)12-18-9-8-15(11-18)14-6-4-3-5-7-14/h3-7,13,15H,8-12H2,1-2H3,(H,17,19). The maximum absolute atomic E-state index is 11.8. The van der Waals surface area contributed by atoms with Crippen LogP contribution in [0.15, 0.2) is 30.3 Å². The molecule has 1 amide bonds. The van der Waals surface area contributed by atoms with Crippen LogP contribution in [0.3, 0.4) is 0 Å². The smallest absolute Gasteiger partial charge is 0.234 e. The van der Waals surface area contributed by atoms with Crippen molar-refractivity contribution >= 4 is 5.91 Å². The first kappa shape index (κ1) is 14.1. The molecule has 3 nitrogen and oxygen atoms in total. The molecular weight excluding hydrogens is 236 g/mol. The van der Waals surface area contributed by atoms with Crippen molar-refractivity contribution < 1.29 is 4.79 Å². The Hall–Kier alpha value is -1.35. The number of hydrogen-bond donors (Lipinski definition) is 1. The van der Waals surface area contributed by atoms with Gasteiger partial charge in [0.1, 0.15) is 0 Å². The van der Waals surface area contributed by atoms with Gasteiger partial charge in [-0.25, -0.2) is 0 Å². The van der Waals surface area contributed by atoms with Gasteiger partial charge in [0.2, 0.25) is 5.91 Å². The fraction of sp³-hybridized carbons (Fsp3) is 0.562. The van der Waals surface area contributed by atoms with Crippen LogP contribution in [-0.2, 0) is 4.79 Å². The highest BCUT2D eigenvalue weighted by Crippen LogP contribution is 2.26. The van der Waals surface area contributed by atoms with E-state index in [0.29, 0.717) is 18.4 Å². The number of amides is 1. The summed E-state index contributed by atoms with van der Waals surface area (Å²) in [5.74, 6) is 1.25. The van der Waals surface area contributed by atoms with Crippen LogP contribution in [-0.4, -0.2) is 37.0 Å². The molecule has 1 N–H and O–H groups in total. The van der Waals surface area contributed by atoms with E-state index < -0.39 is 0 Å². The second-order valence-electron chi connectivity index (χ2n) is 5.83. The molecular formula is C16H24N2O. The Morgan fingerprint density at radius 1 is 1.37 bits per heavy atom. The molecule has 19 heavy (non-hydrogen) atoms. The molecule has 1 fully saturated rings. The lowest BCUT2D eigenvalue weighted by Crippen LogP contribution is -2.37. The van der Waals surface area contributed by atoms with E-state index in [-0.39, 0.29) is 5.91 Å². The molecule has 0 aliphatic carbocycles. The predicted molar refractivity (Wildman–Crippen MR) is 78.1 cm³/mol. The van der Waals surface area contributed by atoms with Crippen LogP contribution in [0.1, 0.15) is 31.7 Å². The van der Waals surface area contributed by atoms with Gasteiger partial charge in [-0.05, 0) is 30.4 Å². The first-order valence-corrected chi connectivity index (χ1v) is 7.19. The Morgan fingerprint density at radius 2 is 2.11 bits per heavy atom. The molecule has 1 unspecified atom stereocenters. The highest BCUT2D eigenvalue weighted by Gasteiger charge is 2.24. The van der Waals surface area contributed by atoms with Crippen molar-refractivity contribution in [1.29, 1.82) is 0 Å². The number of rotatable bonds is 5. The van der Waals surface area contributed by atoms with Gasteiger partial charge in [-0.2, -0.15) is 0 Å². The quantitative estimate of drug-likeness (QED) is 0.880. The summed E-state index contributed by atoms with van der Waals surface area (Å²) in [6.45, 7) is 7.56. The number of hydrogen-bond acceptors (Lipinski definition) is 2. The molecule has 1 atom stereocenters. The molecule has 1 aliphatic rings. The summed E-state index contributed by atoms with van der Waals surface area (Å²) in [7, 11) is 0. The van der Waals surface area contributed by atoms with Crippen molar-refractivity contribution in [1.82, 2.24) is 10.2 Å². The zero-order valence-electron chi connectivity index (χ0n) is 11.9. The summed E-state index contributed by atoms with van der Waals surface area (Å²) >= 11 is 0. The van der Waals surface area contributed by atoms with Gasteiger partial charge in [0.05, 0.1) is 6.54 Å². The monoisotopic (exact) mass is 260 g/mol. The molecule has 1 aliphatic heterocycles. The summed E-state index contributed by atoms with van der Waals surface area (Å²) < 4.78 is 0. The highest BCUT2D eigenvalue weighted by molar-refractivity contribution is 5.78. The topological polar surface area (TPSA) is 32.3 Å². The number of benzene rings is 1. The van der Waals surface area contributed by atoms with Crippen LogP contribution < -0.4 is 5.32 Å². The van der Waals surface area contributed by atoms with E-state index in [9.17, 15) is 4.79 Å². The highest BCUT2D eigenvalue weighted by atomic mass is 16.2. The van der Waals surface area contributed by atoms with E-state index in [1.54, 1.807) is 0 Å². The number of nitrogens with one attached hydrogen (secondary N) is 1. The minimum absolute atomic E-state index is 0.155. The fourth-order valence-electron chi connectivity index (χ4n) is 2.55. The number of likely N-dealkylation sites (tertiary alicyclic amines) is 1. The van der Waals surface area contributed by atoms with Crippen molar-refractivity contribution in [3.05, 3.63) is 35.9 Å². The van der Waals surface area contributed by atoms with Crippen LogP contribution in [0.4, 0.5) is 0 Å². The fourth-order valence-corrected chi connectivity index (χ4v) is 2.55. The van der Waals surface area contributed by atoms with Crippen molar-refractivity contribution in [2.24, 2.45) is 5.92 Å². The predicted octanol–water partition coefficient (Wildman–Crippen LogP) is 2.25. The summed E-state index contributed by atoms with van der Waals surface area (Å²) in [4.78, 5) is 14.1. The maximum atomic E-state index is 11.8. The number of carbonyl (C=O) groups is 1. The largest absolute Gasteiger partial charge is 0.355 e. The molecule has 0 spiro atoms. The van der Waals surface area contributed by atoms with Crippen LogP contribution in [0.5, 0.6) is 0 Å². The van der Waals surface area contributed by atoms with Crippen molar-refractivity contribution in [3.63, 3.8) is 0 Å². The average Bonchev–Trinajstić information content (AvgIpc) is 2.86. The van der Waals surface area contributed by atoms with Gasteiger partial charge in [0.15, 0.2) is 0 Å². The Kier molecular flexibility index (Phi) is 4.97. The van der Waals surface area contributed by atoms with Gasteiger partial charge in [-0.15, -0.1) is 0 Å². The van der Waals surface area contributed by atoms with Gasteiger partial charge in [-0.1, -0.05) is 44.2 Å². The van der Waals surface area contributed by atoms with Crippen molar-refractivity contribution in [3.8, 4) is 0 Å². The molecule has 0 radical (unpaired) electrons. The molecule has 0 bridgehead atoms. The van der Waals surface area contributed by atoms with Crippen LogP contribution in [0, 0.1) is 5.92 Å². The third kappa shape index (κ3) is 4.35. The van der Waals surface area contributed by atoms with Gasteiger partial charge in [0.25, 0.3) is 0 Å². The van der Waals surface area contributed by atoms with Crippen molar-refractivity contribution in [2.75, 3.05) is 26.2 Å². The lowest BCUT2D eigenvalue weighted by Gasteiger charge is -2.16. The SMILES string of the molecule is CC(C)CNC(=O)CN1CCC(c2ccccc2)C1. The average molecular weight is 260 g/mol. The van der Waals surface area contributed by atoms with Gasteiger partial charge in [-0.3, -0.25) is 9.69 Å². The molecule has 104 valence electrons. The third-order valence-electron chi connectivity index (χ3n) is 3.62. The number of nitrogens with zero attached hydrogens (tertiary/aromatic N) is 1. The van der Waals surface area contributed by atoms with Crippen molar-refractivity contribution in [2.45, 2.75) is 26.2 Å². The Morgan fingerprint density at radius 3 is 2.79 bits per heavy atom. The summed E-state index contributed by atoms with van der Waals surface area (Å²) in [5, 5.41) is 2.98. The molecule has 2 rings (SSSR count). The molecule has 1 aromatic carbocycles. The van der Waals surface area contributed by atoms with E-state index in [2.05, 4.69) is 54.4 Å². The first-order chi connectivity index (χ1) is 9.15. The molecule has 0 aromatic heterocycles. The summed E-state index contributed by atoms with van der Waals surface area (Å²) in [6.07, 6.45) is 1.15. The van der Waals surface area contributed by atoms with E-state index >= 15 is 0 Å². The lowest BCUT2D eigenvalue weighted by molar-refractivity contribution is -0.122. The molecule has 1 saturated heterocycles. The summed E-state index contributed by atoms with van der Waals surface area (Å²) in [6, 6.07) is 10.6. The Labute approximate surface area is 116 Å². The van der Waals surface area contributed by atoms with E-state index in [0.717, 1.165) is 26.1 Å². The minimum Gasteiger partial charge on any atom is -0.355 e. The third-order valence-corrected chi connectivity index (χ3v) is 3.62. The van der Waals surface area contributed by atoms with E-state index in [4.69, 9.17) is 0 Å². The van der Waals surface area contributed by atoms with E-state index in [1.807, 2.05) is 0 Å². The van der Waals surface area contributed by atoms with E-state index in [1.165, 1.54) is 5.56 Å². The second kappa shape index (κ2) is 6.71. The van der Waals surface area contributed by atoms with Crippen LogP contribution >= 0.6 is 0 Å². The summed E-state index contributed by atoms with van der Waals surface area (Å²) in [5.41, 5.74) is 1.40. The van der Waals surface area contributed by atoms with Crippen LogP contribution in [0.25, 0.3) is 0 Å². The zero-order chi connectivity index (χ0) is 13.7. The second-order valence-corrected chi connectivity index (χ2v) is 5.83. The Bertz CT molecular complexity index is 402. The Balaban J connectivity index is 1.78. The van der Waals surface area contributed by atoms with Gasteiger partial charge in [0, 0.05) is 13.1 Å². The molecule has 3 heteroatoms. The lowest BCUT2D eigenvalue weighted by atomic mass is 9.99. The molecule has 0 saturated carbocycles. The maximum Gasteiger partial charge on any atom is 0.234 e. The van der Waals surface area contributed by atoms with Gasteiger partial charge >= 0.3 is 0 Å². The van der Waals surface area contributed by atoms with Crippen LogP contribution in [0.2, 0.25) is 0 Å². The zero-order valence-corrected chi connectivity index (χ0v) is 11.9. The normalized spacial score (nSPS) is 19.8. The minimum atomic E-state index is 0.155. The molecule has 1 aromatic rings. The number of carbonyl (C=O) groups excluding carboxylic acids is 1. The molecule has 1 heterocycles.